The molecule has 5 nitrogen and oxygen atoms in total. The molecule has 2 fully saturated rings. The van der Waals surface area contributed by atoms with Crippen LogP contribution in [0, 0.1) is 0 Å². The third-order valence-electron chi connectivity index (χ3n) is 7.36. The number of rotatable bonds is 8. The van der Waals surface area contributed by atoms with Crippen molar-refractivity contribution in [3.63, 3.8) is 0 Å². The maximum atomic E-state index is 11.0. The second kappa shape index (κ2) is 9.16. The fourth-order valence-electron chi connectivity index (χ4n) is 5.39. The average Bonchev–Trinajstić information content (AvgIpc) is 3.26. The molecule has 0 unspecified atom stereocenters. The number of carbonyl (C=O) groups is 1. The van der Waals surface area contributed by atoms with Crippen LogP contribution in [0.2, 0.25) is 0 Å². The lowest BCUT2D eigenvalue weighted by Gasteiger charge is -2.41. The van der Waals surface area contributed by atoms with E-state index in [2.05, 4.69) is 83.9 Å². The summed E-state index contributed by atoms with van der Waals surface area (Å²) in [6, 6.07) is 24.4. The molecular formula is C28H32N2O3. The van der Waals surface area contributed by atoms with Crippen LogP contribution in [0.4, 0.5) is 5.69 Å². The number of hydrogen-bond donors (Lipinski definition) is 2. The Balaban J connectivity index is 1.22. The van der Waals surface area contributed by atoms with Gasteiger partial charge in [0.2, 0.25) is 0 Å². The number of aliphatic carboxylic acids is 1. The second-order valence-corrected chi connectivity index (χ2v) is 9.47. The number of nitrogens with one attached hydrogen (secondary N) is 1. The highest BCUT2D eigenvalue weighted by atomic mass is 16.5. The predicted molar refractivity (Wildman–Crippen MR) is 132 cm³/mol. The largest absolute Gasteiger partial charge is 0.480 e. The number of benzene rings is 3. The summed E-state index contributed by atoms with van der Waals surface area (Å²) >= 11 is 0. The van der Waals surface area contributed by atoms with Crippen molar-refractivity contribution in [1.82, 2.24) is 5.32 Å². The molecule has 2 atom stereocenters. The van der Waals surface area contributed by atoms with Crippen molar-refractivity contribution in [2.24, 2.45) is 0 Å². The molecule has 0 spiro atoms. The monoisotopic (exact) mass is 444 g/mol. The lowest BCUT2D eigenvalue weighted by molar-refractivity contribution is -0.159. The fraction of sp³-hybridized carbons (Fsp3) is 0.393. The van der Waals surface area contributed by atoms with Gasteiger partial charge in [-0.05, 0) is 66.6 Å². The minimum absolute atomic E-state index is 0.240. The molecule has 0 amide bonds. The molecule has 0 bridgehead atoms. The third kappa shape index (κ3) is 4.48. The van der Waals surface area contributed by atoms with E-state index in [1.807, 2.05) is 0 Å². The Labute approximate surface area is 195 Å². The van der Waals surface area contributed by atoms with Gasteiger partial charge in [0.05, 0.1) is 5.60 Å². The Morgan fingerprint density at radius 1 is 1.12 bits per heavy atom. The Morgan fingerprint density at radius 2 is 1.88 bits per heavy atom. The first-order chi connectivity index (χ1) is 16.0. The van der Waals surface area contributed by atoms with Crippen LogP contribution >= 0.6 is 0 Å². The van der Waals surface area contributed by atoms with Crippen molar-refractivity contribution >= 4 is 22.4 Å². The van der Waals surface area contributed by atoms with Crippen molar-refractivity contribution in [2.45, 2.75) is 50.3 Å². The van der Waals surface area contributed by atoms with Crippen molar-refractivity contribution in [2.75, 3.05) is 24.6 Å². The average molecular weight is 445 g/mol. The Kier molecular flexibility index (Phi) is 6.09. The van der Waals surface area contributed by atoms with Crippen LogP contribution in [0.25, 0.3) is 10.8 Å². The molecule has 33 heavy (non-hydrogen) atoms. The second-order valence-electron chi connectivity index (χ2n) is 9.47. The van der Waals surface area contributed by atoms with Gasteiger partial charge in [-0.3, -0.25) is 0 Å². The zero-order chi connectivity index (χ0) is 22.8. The zero-order valence-corrected chi connectivity index (χ0v) is 19.2. The fourth-order valence-corrected chi connectivity index (χ4v) is 5.39. The molecule has 5 heteroatoms. The maximum absolute atomic E-state index is 11.0. The number of carboxylic acid groups (broad SMARTS) is 1. The van der Waals surface area contributed by atoms with Gasteiger partial charge < -0.3 is 20.1 Å². The minimum Gasteiger partial charge on any atom is -0.480 e. The van der Waals surface area contributed by atoms with Gasteiger partial charge in [0.1, 0.15) is 6.61 Å². The molecule has 2 N–H and O–H groups in total. The minimum atomic E-state index is -0.911. The first-order valence-corrected chi connectivity index (χ1v) is 12.0. The van der Waals surface area contributed by atoms with E-state index in [9.17, 15) is 4.79 Å². The van der Waals surface area contributed by atoms with Gasteiger partial charge in [0, 0.05) is 30.9 Å². The summed E-state index contributed by atoms with van der Waals surface area (Å²) < 4.78 is 5.79. The number of nitrogens with zero attached hydrogens (tertiary/aromatic N) is 1. The quantitative estimate of drug-likeness (QED) is 0.497. The van der Waals surface area contributed by atoms with Crippen molar-refractivity contribution in [3.8, 4) is 0 Å². The van der Waals surface area contributed by atoms with E-state index in [0.29, 0.717) is 6.04 Å². The van der Waals surface area contributed by atoms with Gasteiger partial charge >= 0.3 is 5.97 Å². The molecule has 1 saturated heterocycles. The normalized spacial score (nSPS) is 20.5. The van der Waals surface area contributed by atoms with E-state index in [1.165, 1.54) is 22.0 Å². The Bertz CT molecular complexity index is 1120. The molecule has 172 valence electrons. The molecule has 3 aromatic rings. The molecule has 1 saturated carbocycles. The Hall–Kier alpha value is -2.89. The van der Waals surface area contributed by atoms with E-state index in [4.69, 9.17) is 9.84 Å². The van der Waals surface area contributed by atoms with E-state index in [-0.39, 0.29) is 12.6 Å². The van der Waals surface area contributed by atoms with Gasteiger partial charge in [0.15, 0.2) is 0 Å². The molecule has 0 radical (unpaired) electrons. The zero-order valence-electron chi connectivity index (χ0n) is 19.2. The first kappa shape index (κ1) is 21.9. The van der Waals surface area contributed by atoms with E-state index >= 15 is 0 Å². The van der Waals surface area contributed by atoms with Crippen LogP contribution < -0.4 is 10.2 Å². The van der Waals surface area contributed by atoms with Crippen LogP contribution in [0.3, 0.4) is 0 Å². The highest BCUT2D eigenvalue weighted by Crippen LogP contribution is 2.45. The molecule has 5 rings (SSSR count). The maximum Gasteiger partial charge on any atom is 0.329 e. The van der Waals surface area contributed by atoms with Gasteiger partial charge in [-0.15, -0.1) is 0 Å². The summed E-state index contributed by atoms with van der Waals surface area (Å²) in [7, 11) is 0. The van der Waals surface area contributed by atoms with Gasteiger partial charge in [-0.25, -0.2) is 4.79 Å². The van der Waals surface area contributed by atoms with Crippen molar-refractivity contribution in [1.29, 1.82) is 0 Å². The lowest BCUT2D eigenvalue weighted by Crippen LogP contribution is -2.38. The van der Waals surface area contributed by atoms with Crippen LogP contribution in [-0.4, -0.2) is 36.8 Å². The van der Waals surface area contributed by atoms with Gasteiger partial charge in [-0.1, -0.05) is 54.6 Å². The van der Waals surface area contributed by atoms with E-state index in [1.54, 1.807) is 0 Å². The summed E-state index contributed by atoms with van der Waals surface area (Å²) in [4.78, 5) is 13.4. The smallest absolute Gasteiger partial charge is 0.329 e. The van der Waals surface area contributed by atoms with Crippen molar-refractivity contribution < 1.29 is 14.6 Å². The molecule has 1 aliphatic heterocycles. The number of carboxylic acids is 1. The molecule has 3 aromatic carbocycles. The van der Waals surface area contributed by atoms with Crippen LogP contribution in [0.15, 0.2) is 66.7 Å². The third-order valence-corrected chi connectivity index (χ3v) is 7.36. The van der Waals surface area contributed by atoms with Crippen LogP contribution in [-0.2, 0) is 15.1 Å². The SMILES string of the molecule is C[C@@H](N[C@H]1CCN(c2ccc(C3(OCC(=O)O)CCC3)cc2)C1)c1cccc2ccccc12. The van der Waals surface area contributed by atoms with Gasteiger partial charge in [0.25, 0.3) is 0 Å². The molecule has 1 aliphatic carbocycles. The topological polar surface area (TPSA) is 61.8 Å². The standard InChI is InChI=1S/C28H32N2O3/c1-20(25-9-4-7-21-6-2-3-8-26(21)25)29-23-14-17-30(18-23)24-12-10-22(11-13-24)28(15-5-16-28)33-19-27(31)32/h2-4,6-13,20,23,29H,5,14-19H2,1H3,(H,31,32)/t20-,23+/m1/s1. The highest BCUT2D eigenvalue weighted by molar-refractivity contribution is 5.86. The van der Waals surface area contributed by atoms with Crippen LogP contribution in [0.5, 0.6) is 0 Å². The molecule has 1 heterocycles. The van der Waals surface area contributed by atoms with E-state index < -0.39 is 11.6 Å². The summed E-state index contributed by atoms with van der Waals surface area (Å²) in [5.74, 6) is -0.911. The molecule has 0 aromatic heterocycles. The molecule has 2 aliphatic rings. The first-order valence-electron chi connectivity index (χ1n) is 12.0. The summed E-state index contributed by atoms with van der Waals surface area (Å²) in [5.41, 5.74) is 3.24. The highest BCUT2D eigenvalue weighted by Gasteiger charge is 2.40. The number of fused-ring (bicyclic) bond motifs is 1. The molecular weight excluding hydrogens is 412 g/mol. The van der Waals surface area contributed by atoms with E-state index in [0.717, 1.165) is 44.3 Å². The summed E-state index contributed by atoms with van der Waals surface area (Å²) in [5, 5.41) is 15.5. The summed E-state index contributed by atoms with van der Waals surface area (Å²) in [6.45, 7) is 4.03. The van der Waals surface area contributed by atoms with Gasteiger partial charge in [-0.2, -0.15) is 0 Å². The lowest BCUT2D eigenvalue weighted by atomic mass is 9.75. The number of hydrogen-bond acceptors (Lipinski definition) is 4. The number of ether oxygens (including phenoxy) is 1. The number of anilines is 1. The summed E-state index contributed by atoms with van der Waals surface area (Å²) in [6.07, 6.45) is 3.97. The predicted octanol–water partition coefficient (Wildman–Crippen LogP) is 5.25. The van der Waals surface area contributed by atoms with Crippen LogP contribution in [0.1, 0.15) is 49.8 Å². The Morgan fingerprint density at radius 3 is 2.61 bits per heavy atom. The van der Waals surface area contributed by atoms with Crippen molar-refractivity contribution in [3.05, 3.63) is 77.9 Å².